The zero-order valence-corrected chi connectivity index (χ0v) is 17.2. The van der Waals surface area contributed by atoms with Crippen LogP contribution in [0.2, 0.25) is 0 Å². The van der Waals surface area contributed by atoms with Crippen LogP contribution in [0, 0.1) is 6.92 Å². The van der Waals surface area contributed by atoms with E-state index in [0.29, 0.717) is 5.82 Å². The molecule has 3 rings (SSSR count). The van der Waals surface area contributed by atoms with Crippen molar-refractivity contribution in [1.29, 1.82) is 0 Å². The first kappa shape index (κ1) is 19.7. The molecular formula is C23H28N4O. The van der Waals surface area contributed by atoms with Gasteiger partial charge < -0.3 is 5.32 Å². The summed E-state index contributed by atoms with van der Waals surface area (Å²) in [6.45, 7) is 10.5. The summed E-state index contributed by atoms with van der Waals surface area (Å²) in [7, 11) is 0. The number of carbonyl (C=O) groups is 1. The van der Waals surface area contributed by atoms with Gasteiger partial charge in [0.25, 0.3) is 0 Å². The molecule has 0 saturated carbocycles. The van der Waals surface area contributed by atoms with Crippen LogP contribution in [-0.2, 0) is 11.8 Å². The molecule has 1 heterocycles. The molecule has 0 fully saturated rings. The predicted octanol–water partition coefficient (Wildman–Crippen LogP) is 5.68. The van der Waals surface area contributed by atoms with Crippen molar-refractivity contribution in [1.82, 2.24) is 9.78 Å². The Labute approximate surface area is 166 Å². The van der Waals surface area contributed by atoms with Crippen LogP contribution >= 0.6 is 0 Å². The highest BCUT2D eigenvalue weighted by molar-refractivity contribution is 5.99. The lowest BCUT2D eigenvalue weighted by atomic mass is 9.92. The summed E-state index contributed by atoms with van der Waals surface area (Å²) in [4.78, 5) is 12.6. The van der Waals surface area contributed by atoms with Crippen LogP contribution in [0.4, 0.5) is 16.3 Å². The molecule has 2 amide bonds. The second-order valence-electron chi connectivity index (χ2n) is 8.05. The Morgan fingerprint density at radius 2 is 1.75 bits per heavy atom. The van der Waals surface area contributed by atoms with Crippen molar-refractivity contribution in [3.05, 3.63) is 71.4 Å². The summed E-state index contributed by atoms with van der Waals surface area (Å²) in [6.07, 6.45) is 0.923. The van der Waals surface area contributed by atoms with Gasteiger partial charge in [-0.05, 0) is 43.2 Å². The average Bonchev–Trinajstić information content (AvgIpc) is 3.06. The average molecular weight is 377 g/mol. The summed E-state index contributed by atoms with van der Waals surface area (Å²) >= 11 is 0. The number of aryl methyl sites for hydroxylation is 2. The van der Waals surface area contributed by atoms with Gasteiger partial charge in [-0.2, -0.15) is 5.10 Å². The maximum Gasteiger partial charge on any atom is 0.324 e. The van der Waals surface area contributed by atoms with Gasteiger partial charge >= 0.3 is 6.03 Å². The molecule has 3 aromatic rings. The van der Waals surface area contributed by atoms with Gasteiger partial charge in [-0.1, -0.05) is 57.5 Å². The number of hydrogen-bond donors (Lipinski definition) is 2. The quantitative estimate of drug-likeness (QED) is 0.615. The second kappa shape index (κ2) is 7.89. The predicted molar refractivity (Wildman–Crippen MR) is 115 cm³/mol. The van der Waals surface area contributed by atoms with E-state index < -0.39 is 0 Å². The fourth-order valence-electron chi connectivity index (χ4n) is 2.87. The second-order valence-corrected chi connectivity index (χ2v) is 8.05. The van der Waals surface area contributed by atoms with Gasteiger partial charge in [0.1, 0.15) is 5.82 Å². The molecule has 5 nitrogen and oxygen atoms in total. The van der Waals surface area contributed by atoms with Crippen LogP contribution in [0.1, 0.15) is 44.5 Å². The lowest BCUT2D eigenvalue weighted by molar-refractivity contribution is 0.262. The number of urea groups is 1. The number of amides is 2. The van der Waals surface area contributed by atoms with E-state index >= 15 is 0 Å². The van der Waals surface area contributed by atoms with Crippen molar-refractivity contribution in [2.24, 2.45) is 0 Å². The molecule has 0 aliphatic carbocycles. The van der Waals surface area contributed by atoms with Crippen molar-refractivity contribution in [3.8, 4) is 5.69 Å². The Morgan fingerprint density at radius 3 is 2.39 bits per heavy atom. The normalized spacial score (nSPS) is 11.3. The van der Waals surface area contributed by atoms with Crippen molar-refractivity contribution in [2.45, 2.75) is 46.5 Å². The smallest absolute Gasteiger partial charge is 0.308 e. The highest BCUT2D eigenvalue weighted by atomic mass is 16.2. The number of carbonyl (C=O) groups excluding carboxylic acids is 1. The van der Waals surface area contributed by atoms with E-state index in [1.807, 2.05) is 61.5 Å². The van der Waals surface area contributed by atoms with E-state index in [-0.39, 0.29) is 11.4 Å². The van der Waals surface area contributed by atoms with Crippen molar-refractivity contribution in [2.75, 3.05) is 10.6 Å². The molecule has 0 aliphatic rings. The van der Waals surface area contributed by atoms with Gasteiger partial charge in [-0.3, -0.25) is 5.32 Å². The molecule has 0 radical (unpaired) electrons. The molecular weight excluding hydrogens is 348 g/mol. The summed E-state index contributed by atoms with van der Waals surface area (Å²) in [5.74, 6) is 0.637. The monoisotopic (exact) mass is 376 g/mol. The van der Waals surface area contributed by atoms with E-state index in [9.17, 15) is 4.79 Å². The lowest BCUT2D eigenvalue weighted by Gasteiger charge is -2.14. The number of hydrogen-bond acceptors (Lipinski definition) is 2. The van der Waals surface area contributed by atoms with Gasteiger partial charge in [0.2, 0.25) is 0 Å². The zero-order valence-electron chi connectivity index (χ0n) is 17.2. The van der Waals surface area contributed by atoms with Crippen LogP contribution in [0.3, 0.4) is 0 Å². The fraction of sp³-hybridized carbons (Fsp3) is 0.304. The number of nitrogens with one attached hydrogen (secondary N) is 2. The number of anilines is 2. The number of nitrogens with zero attached hydrogens (tertiary/aromatic N) is 2. The molecule has 28 heavy (non-hydrogen) atoms. The maximum atomic E-state index is 12.6. The van der Waals surface area contributed by atoms with E-state index in [4.69, 9.17) is 5.10 Å². The highest BCUT2D eigenvalue weighted by Gasteiger charge is 2.21. The molecule has 0 spiro atoms. The highest BCUT2D eigenvalue weighted by Crippen LogP contribution is 2.26. The SMILES string of the molecule is CCc1cccc(NC(=O)Nc2cc(C(C)(C)C)nn2-c2ccc(C)cc2)c1. The molecule has 5 heteroatoms. The van der Waals surface area contributed by atoms with Crippen LogP contribution in [0.25, 0.3) is 5.69 Å². The first-order chi connectivity index (χ1) is 13.3. The Morgan fingerprint density at radius 1 is 1.04 bits per heavy atom. The molecule has 0 saturated heterocycles. The maximum absolute atomic E-state index is 12.6. The minimum atomic E-state index is -0.290. The summed E-state index contributed by atoms with van der Waals surface area (Å²) in [6, 6.07) is 17.6. The van der Waals surface area contributed by atoms with Crippen LogP contribution in [0.15, 0.2) is 54.6 Å². The Bertz CT molecular complexity index is 965. The molecule has 0 bridgehead atoms. The molecule has 0 atom stereocenters. The Kier molecular flexibility index (Phi) is 5.54. The molecule has 0 aliphatic heterocycles. The van der Waals surface area contributed by atoms with Crippen LogP contribution in [-0.4, -0.2) is 15.8 Å². The number of benzene rings is 2. The van der Waals surface area contributed by atoms with E-state index in [0.717, 1.165) is 23.5 Å². The van der Waals surface area contributed by atoms with Crippen molar-refractivity contribution < 1.29 is 4.79 Å². The minimum Gasteiger partial charge on any atom is -0.308 e. The summed E-state index contributed by atoms with van der Waals surface area (Å²) in [5.41, 5.74) is 4.82. The Balaban J connectivity index is 1.88. The first-order valence-electron chi connectivity index (χ1n) is 9.61. The van der Waals surface area contributed by atoms with Gasteiger partial charge in [-0.25, -0.2) is 9.48 Å². The third kappa shape index (κ3) is 4.60. The lowest BCUT2D eigenvalue weighted by Crippen LogP contribution is -2.21. The van der Waals surface area contributed by atoms with Crippen LogP contribution < -0.4 is 10.6 Å². The zero-order chi connectivity index (χ0) is 20.3. The first-order valence-corrected chi connectivity index (χ1v) is 9.61. The molecule has 0 unspecified atom stereocenters. The third-order valence-corrected chi connectivity index (χ3v) is 4.59. The summed E-state index contributed by atoms with van der Waals surface area (Å²) < 4.78 is 1.78. The minimum absolute atomic E-state index is 0.127. The van der Waals surface area contributed by atoms with E-state index in [1.165, 1.54) is 11.1 Å². The largest absolute Gasteiger partial charge is 0.324 e. The van der Waals surface area contributed by atoms with Gasteiger partial charge in [0, 0.05) is 17.2 Å². The standard InChI is InChI=1S/C23H28N4O/c1-6-17-8-7-9-18(14-17)24-22(28)25-21-15-20(23(3,4)5)26-27(21)19-12-10-16(2)11-13-19/h7-15H,6H2,1-5H3,(H2,24,25,28). The van der Waals surface area contributed by atoms with Gasteiger partial charge in [0.05, 0.1) is 11.4 Å². The number of aromatic nitrogens is 2. The molecule has 2 N–H and O–H groups in total. The van der Waals surface area contributed by atoms with Gasteiger partial charge in [0.15, 0.2) is 0 Å². The van der Waals surface area contributed by atoms with Crippen LogP contribution in [0.5, 0.6) is 0 Å². The van der Waals surface area contributed by atoms with E-state index in [1.54, 1.807) is 4.68 Å². The van der Waals surface area contributed by atoms with Crippen molar-refractivity contribution >= 4 is 17.5 Å². The molecule has 146 valence electrons. The number of rotatable bonds is 4. The van der Waals surface area contributed by atoms with E-state index in [2.05, 4.69) is 38.3 Å². The molecule has 2 aromatic carbocycles. The topological polar surface area (TPSA) is 59.0 Å². The third-order valence-electron chi connectivity index (χ3n) is 4.59. The molecule has 1 aromatic heterocycles. The van der Waals surface area contributed by atoms with Crippen molar-refractivity contribution in [3.63, 3.8) is 0 Å². The van der Waals surface area contributed by atoms with Gasteiger partial charge in [-0.15, -0.1) is 0 Å². The summed E-state index contributed by atoms with van der Waals surface area (Å²) in [5, 5.41) is 10.6. The fourth-order valence-corrected chi connectivity index (χ4v) is 2.87. The Hall–Kier alpha value is -3.08.